The van der Waals surface area contributed by atoms with Gasteiger partial charge in [-0.2, -0.15) is 0 Å². The Bertz CT molecular complexity index is 1810. The summed E-state index contributed by atoms with van der Waals surface area (Å²) in [6.45, 7) is 11.8. The van der Waals surface area contributed by atoms with Crippen molar-refractivity contribution in [2.45, 2.75) is 388 Å². The fourth-order valence-electron chi connectivity index (χ4n) is 11.0. The number of hydrogen-bond acceptors (Lipinski definition) is 15. The summed E-state index contributed by atoms with van der Waals surface area (Å²) in [5.41, 5.74) is 0. The lowest BCUT2D eigenvalue weighted by molar-refractivity contribution is -0.161. The zero-order valence-electron chi connectivity index (χ0n) is 60.0. The molecule has 0 heterocycles. The number of unbranched alkanes of at least 4 members (excludes halogenated alkanes) is 37. The number of ether oxygens (including phenoxy) is 4. The molecule has 17 nitrogen and oxygen atoms in total. The van der Waals surface area contributed by atoms with Crippen molar-refractivity contribution in [3.63, 3.8) is 0 Å². The average Bonchev–Trinajstić information content (AvgIpc) is 3.24. The van der Waals surface area contributed by atoms with Crippen LogP contribution in [0.25, 0.3) is 0 Å². The van der Waals surface area contributed by atoms with Gasteiger partial charge in [0.1, 0.15) is 19.3 Å². The molecule has 0 aliphatic rings. The molecule has 0 rings (SSSR count). The van der Waals surface area contributed by atoms with Crippen LogP contribution in [-0.4, -0.2) is 96.7 Å². The van der Waals surface area contributed by atoms with Crippen LogP contribution in [0.2, 0.25) is 0 Å². The Morgan fingerprint density at radius 2 is 0.554 bits per heavy atom. The van der Waals surface area contributed by atoms with Crippen molar-refractivity contribution in [1.29, 1.82) is 0 Å². The molecule has 0 saturated carbocycles. The van der Waals surface area contributed by atoms with Gasteiger partial charge >= 0.3 is 39.5 Å². The van der Waals surface area contributed by atoms with Crippen molar-refractivity contribution in [3.05, 3.63) is 0 Å². The van der Waals surface area contributed by atoms with Gasteiger partial charge in [0.15, 0.2) is 12.2 Å². The van der Waals surface area contributed by atoms with E-state index in [1.807, 2.05) is 0 Å². The van der Waals surface area contributed by atoms with Crippen LogP contribution < -0.4 is 0 Å². The van der Waals surface area contributed by atoms with E-state index in [9.17, 15) is 43.2 Å². The lowest BCUT2D eigenvalue weighted by atomic mass is 9.99. The minimum Gasteiger partial charge on any atom is -0.462 e. The number of carbonyl (C=O) groups excluding carboxylic acids is 4. The number of esters is 4. The first kappa shape index (κ1) is 90.1. The van der Waals surface area contributed by atoms with E-state index in [2.05, 4.69) is 48.5 Å². The van der Waals surface area contributed by atoms with E-state index in [0.717, 1.165) is 108 Å². The maximum absolute atomic E-state index is 13.1. The Morgan fingerprint density at radius 1 is 0.315 bits per heavy atom. The van der Waals surface area contributed by atoms with Crippen molar-refractivity contribution < 1.29 is 80.2 Å². The average molecular weight is 1350 g/mol. The predicted molar refractivity (Wildman–Crippen MR) is 372 cm³/mol. The molecule has 7 atom stereocenters. The van der Waals surface area contributed by atoms with Crippen LogP contribution in [0, 0.1) is 17.8 Å². The third-order valence-electron chi connectivity index (χ3n) is 17.6. The van der Waals surface area contributed by atoms with Crippen molar-refractivity contribution in [1.82, 2.24) is 0 Å². The summed E-state index contributed by atoms with van der Waals surface area (Å²) in [5.74, 6) is 0.161. The second-order valence-corrected chi connectivity index (χ2v) is 30.2. The summed E-state index contributed by atoms with van der Waals surface area (Å²) >= 11 is 0. The number of hydrogen-bond donors (Lipinski definition) is 3. The fourth-order valence-corrected chi connectivity index (χ4v) is 12.6. The van der Waals surface area contributed by atoms with E-state index >= 15 is 0 Å². The largest absolute Gasteiger partial charge is 0.472 e. The molecule has 19 heteroatoms. The van der Waals surface area contributed by atoms with Crippen LogP contribution in [-0.2, 0) is 65.4 Å². The van der Waals surface area contributed by atoms with Gasteiger partial charge in [0.2, 0.25) is 0 Å². The van der Waals surface area contributed by atoms with Gasteiger partial charge < -0.3 is 33.8 Å². The van der Waals surface area contributed by atoms with Crippen molar-refractivity contribution in [2.24, 2.45) is 17.8 Å². The topological polar surface area (TPSA) is 237 Å². The second-order valence-electron chi connectivity index (χ2n) is 27.3. The van der Waals surface area contributed by atoms with Crippen LogP contribution in [0.4, 0.5) is 0 Å². The molecular weight excluding hydrogens is 1210 g/mol. The molecule has 0 bridgehead atoms. The molecule has 3 N–H and O–H groups in total. The molecule has 0 aromatic rings. The molecule has 0 amide bonds. The molecule has 0 fully saturated rings. The normalized spacial score (nSPS) is 14.7. The fraction of sp³-hybridized carbons (Fsp3) is 0.945. The van der Waals surface area contributed by atoms with Crippen LogP contribution in [0.15, 0.2) is 0 Å². The number of aliphatic hydroxyl groups is 1. The minimum absolute atomic E-state index is 0.104. The van der Waals surface area contributed by atoms with E-state index in [1.54, 1.807) is 0 Å². The van der Waals surface area contributed by atoms with Gasteiger partial charge in [-0.05, 0) is 43.4 Å². The SMILES string of the molecule is CCCCCCCCCCCCCCCCCCC(=O)O[C@H](COC(=O)CCCCCCCCCCCCC(C)CC)COP(=O)(O)OC[C@@H](O)COP(=O)(O)OC[C@@H](COC(=O)CCCCCCCCCC(C)C)OC(=O)CCCCCCCCCCC(C)CC. The van der Waals surface area contributed by atoms with Crippen molar-refractivity contribution >= 4 is 39.5 Å². The smallest absolute Gasteiger partial charge is 0.462 e. The Hall–Kier alpha value is -1.94. The Kier molecular flexibility index (Phi) is 62.4. The van der Waals surface area contributed by atoms with E-state index in [-0.39, 0.29) is 25.7 Å². The maximum atomic E-state index is 13.1. The van der Waals surface area contributed by atoms with Crippen LogP contribution in [0.3, 0.4) is 0 Å². The molecule has 0 aromatic carbocycles. The molecule has 546 valence electrons. The van der Waals surface area contributed by atoms with Gasteiger partial charge in [0.25, 0.3) is 0 Å². The summed E-state index contributed by atoms with van der Waals surface area (Å²) in [5, 5.41) is 10.6. The molecule has 4 unspecified atom stereocenters. The lowest BCUT2D eigenvalue weighted by Crippen LogP contribution is -2.30. The highest BCUT2D eigenvalue weighted by molar-refractivity contribution is 7.47. The van der Waals surface area contributed by atoms with Gasteiger partial charge in [0.05, 0.1) is 26.4 Å². The zero-order valence-corrected chi connectivity index (χ0v) is 61.8. The molecular formula is C73H142O17P2. The number of rotatable bonds is 71. The van der Waals surface area contributed by atoms with E-state index in [1.165, 1.54) is 173 Å². The third kappa shape index (κ3) is 64.1. The van der Waals surface area contributed by atoms with Crippen LogP contribution in [0.1, 0.15) is 370 Å². The number of phosphoric ester groups is 2. The lowest BCUT2D eigenvalue weighted by Gasteiger charge is -2.21. The minimum atomic E-state index is -4.96. The summed E-state index contributed by atoms with van der Waals surface area (Å²) < 4.78 is 68.4. The quantitative estimate of drug-likeness (QED) is 0.0222. The third-order valence-corrected chi connectivity index (χ3v) is 19.5. The van der Waals surface area contributed by atoms with E-state index in [4.69, 9.17) is 37.0 Å². The van der Waals surface area contributed by atoms with Gasteiger partial charge in [-0.25, -0.2) is 9.13 Å². The first-order valence-corrected chi connectivity index (χ1v) is 40.9. The standard InChI is InChI=1S/C73H142O17P2/c1-8-11-12-13-14-15-16-17-18-19-20-21-26-34-42-49-56-72(77)89-68(60-83-70(75)54-47-40-33-25-23-22-24-31-38-45-52-65(6)9-2)62-87-91(79,80)85-58-67(74)59-86-92(81,82)88-63-69(61-84-71(76)55-48-41-36-29-30-37-44-51-64(4)5)90-73(78)57-50-43-35-28-27-32-39-46-53-66(7)10-3/h64-69,74H,8-63H2,1-7H3,(H,79,80)(H,81,82)/t65?,66?,67-,68-,69-/m1/s1. The summed E-state index contributed by atoms with van der Waals surface area (Å²) in [6, 6.07) is 0. The Balaban J connectivity index is 5.26. The maximum Gasteiger partial charge on any atom is 0.472 e. The molecule has 92 heavy (non-hydrogen) atoms. The summed E-state index contributed by atoms with van der Waals surface area (Å²) in [7, 11) is -9.91. The molecule has 0 saturated heterocycles. The van der Waals surface area contributed by atoms with E-state index in [0.29, 0.717) is 31.6 Å². The number of carbonyl (C=O) groups is 4. The molecule has 0 aliphatic carbocycles. The Labute approximate surface area is 562 Å². The van der Waals surface area contributed by atoms with Gasteiger partial charge in [-0.3, -0.25) is 37.3 Å². The summed E-state index contributed by atoms with van der Waals surface area (Å²) in [6.07, 6.45) is 48.5. The monoisotopic (exact) mass is 1350 g/mol. The Morgan fingerprint density at radius 3 is 0.826 bits per heavy atom. The molecule has 0 spiro atoms. The highest BCUT2D eigenvalue weighted by Crippen LogP contribution is 2.45. The highest BCUT2D eigenvalue weighted by Gasteiger charge is 2.30. The number of aliphatic hydroxyl groups excluding tert-OH is 1. The predicted octanol–water partition coefficient (Wildman–Crippen LogP) is 21.0. The van der Waals surface area contributed by atoms with Crippen molar-refractivity contribution in [2.75, 3.05) is 39.6 Å². The zero-order chi connectivity index (χ0) is 68.0. The molecule has 0 aromatic heterocycles. The highest BCUT2D eigenvalue weighted by atomic mass is 31.2. The van der Waals surface area contributed by atoms with Crippen LogP contribution in [0.5, 0.6) is 0 Å². The number of phosphoric acid groups is 2. The molecule has 0 aliphatic heterocycles. The van der Waals surface area contributed by atoms with Gasteiger partial charge in [-0.1, -0.05) is 318 Å². The molecule has 0 radical (unpaired) electrons. The first-order chi connectivity index (χ1) is 44.3. The van der Waals surface area contributed by atoms with E-state index < -0.39 is 97.5 Å². The van der Waals surface area contributed by atoms with Crippen LogP contribution >= 0.6 is 15.6 Å². The van der Waals surface area contributed by atoms with Gasteiger partial charge in [0, 0.05) is 25.7 Å². The first-order valence-electron chi connectivity index (χ1n) is 37.9. The second kappa shape index (κ2) is 63.8. The van der Waals surface area contributed by atoms with Gasteiger partial charge in [-0.15, -0.1) is 0 Å². The summed E-state index contributed by atoms with van der Waals surface area (Å²) in [4.78, 5) is 72.7. The van der Waals surface area contributed by atoms with Crippen molar-refractivity contribution in [3.8, 4) is 0 Å².